The Balaban J connectivity index is 1.43. The van der Waals surface area contributed by atoms with Crippen LogP contribution in [0.2, 0.25) is 0 Å². The molecule has 1 amide bonds. The summed E-state index contributed by atoms with van der Waals surface area (Å²) >= 11 is 0. The third-order valence-corrected chi connectivity index (χ3v) is 9.60. The summed E-state index contributed by atoms with van der Waals surface area (Å²) in [5, 5.41) is 0. The molecule has 3 aliphatic rings. The molecule has 2 fully saturated rings. The largest absolute Gasteiger partial charge is 0.454 e. The monoisotopic (exact) mass is 592 g/mol. The molecule has 234 valence electrons. The van der Waals surface area contributed by atoms with Crippen LogP contribution in [0.5, 0.6) is 11.5 Å². The second kappa shape index (κ2) is 14.7. The predicted molar refractivity (Wildman–Crippen MR) is 169 cm³/mol. The number of benzene rings is 2. The number of likely N-dealkylation sites (tertiary alicyclic amines) is 1. The van der Waals surface area contributed by atoms with Gasteiger partial charge < -0.3 is 19.1 Å². The summed E-state index contributed by atoms with van der Waals surface area (Å²) in [7, 11) is 0. The van der Waals surface area contributed by atoms with Gasteiger partial charge >= 0.3 is 0 Å². The van der Waals surface area contributed by atoms with Crippen molar-refractivity contribution < 1.29 is 23.4 Å². The average Bonchev–Trinajstić information content (AvgIpc) is 3.62. The fourth-order valence-corrected chi connectivity index (χ4v) is 7.42. The summed E-state index contributed by atoms with van der Waals surface area (Å²) in [5.74, 6) is 1.75. The predicted octanol–water partition coefficient (Wildman–Crippen LogP) is 7.78. The number of ether oxygens (including phenoxy) is 3. The van der Waals surface area contributed by atoms with Crippen molar-refractivity contribution in [1.82, 2.24) is 4.90 Å². The van der Waals surface area contributed by atoms with E-state index < -0.39 is 0 Å². The van der Waals surface area contributed by atoms with Gasteiger partial charge in [-0.3, -0.25) is 9.69 Å². The number of amides is 1. The maximum Gasteiger partial charge on any atom is 0.241 e. The Morgan fingerprint density at radius 2 is 1.88 bits per heavy atom. The molecular weight excluding hydrogens is 543 g/mol. The first-order valence-corrected chi connectivity index (χ1v) is 16.4. The lowest BCUT2D eigenvalue weighted by Crippen LogP contribution is -2.47. The van der Waals surface area contributed by atoms with E-state index in [1.165, 1.54) is 18.1 Å². The van der Waals surface area contributed by atoms with Crippen LogP contribution in [0.1, 0.15) is 88.7 Å². The minimum Gasteiger partial charge on any atom is -0.454 e. The Morgan fingerprint density at radius 3 is 2.58 bits per heavy atom. The van der Waals surface area contributed by atoms with Crippen molar-refractivity contribution in [2.24, 2.45) is 5.92 Å². The van der Waals surface area contributed by atoms with Crippen LogP contribution in [-0.2, 0) is 9.53 Å². The Bertz CT molecular complexity index is 1240. The van der Waals surface area contributed by atoms with E-state index in [1.54, 1.807) is 13.0 Å². The average molecular weight is 593 g/mol. The summed E-state index contributed by atoms with van der Waals surface area (Å²) in [6.45, 7) is 12.5. The number of hydrogen-bond donors (Lipinski definition) is 0. The first-order valence-electron chi connectivity index (χ1n) is 16.4. The van der Waals surface area contributed by atoms with E-state index in [4.69, 9.17) is 14.2 Å². The van der Waals surface area contributed by atoms with E-state index in [1.807, 2.05) is 17.0 Å². The highest BCUT2D eigenvalue weighted by molar-refractivity contribution is 5.95. The van der Waals surface area contributed by atoms with E-state index in [0.29, 0.717) is 12.1 Å². The molecule has 2 aromatic rings. The zero-order valence-corrected chi connectivity index (χ0v) is 26.2. The molecule has 3 heterocycles. The van der Waals surface area contributed by atoms with Crippen LogP contribution >= 0.6 is 0 Å². The number of rotatable bonds is 13. The first kappa shape index (κ1) is 31.5. The van der Waals surface area contributed by atoms with Crippen LogP contribution in [0.25, 0.3) is 0 Å². The van der Waals surface area contributed by atoms with Gasteiger partial charge in [0.2, 0.25) is 12.7 Å². The molecule has 1 unspecified atom stereocenters. The van der Waals surface area contributed by atoms with Crippen molar-refractivity contribution in [3.05, 3.63) is 66.0 Å². The Labute approximate surface area is 257 Å². The quantitative estimate of drug-likeness (QED) is 0.222. The van der Waals surface area contributed by atoms with Crippen molar-refractivity contribution in [1.29, 1.82) is 0 Å². The number of aryl methyl sites for hydroxylation is 1. The molecular formula is C36H49FN2O4. The number of fused-ring (bicyclic) bond motifs is 1. The van der Waals surface area contributed by atoms with E-state index in [2.05, 4.69) is 43.5 Å². The summed E-state index contributed by atoms with van der Waals surface area (Å²) in [6.07, 6.45) is 11.5. The molecule has 3 aliphatic heterocycles. The highest BCUT2D eigenvalue weighted by atomic mass is 19.1. The lowest BCUT2D eigenvalue weighted by Gasteiger charge is -2.35. The standard InChI is InChI=1S/C36H49FN2O4/c1-5-10-27(11-6-2)39(28-14-16-32(37)25(4)20-28)36(40)23-38-22-31(26-13-18-34-35(21-26)43-24-42-34)30(7-3)33(38)17-15-29-12-8-9-19-41-29/h7,13-14,16,18,20-21,27,29-31,33H,3,5-6,8-12,15,17,19,22-24H2,1-2,4H3/t29?,30-,31-,33+/m1/s1. The second-order valence-corrected chi connectivity index (χ2v) is 12.5. The van der Waals surface area contributed by atoms with Crippen LogP contribution in [-0.4, -0.2) is 55.5 Å². The third kappa shape index (κ3) is 7.26. The zero-order chi connectivity index (χ0) is 30.3. The maximum absolute atomic E-state index is 14.4. The van der Waals surface area contributed by atoms with Gasteiger partial charge in [-0.25, -0.2) is 4.39 Å². The van der Waals surface area contributed by atoms with Crippen molar-refractivity contribution in [2.45, 2.75) is 103 Å². The molecule has 0 aromatic heterocycles. The first-order chi connectivity index (χ1) is 20.9. The van der Waals surface area contributed by atoms with Gasteiger partial charge in [0.25, 0.3) is 0 Å². The number of nitrogens with zero attached hydrogens (tertiary/aromatic N) is 2. The molecule has 0 radical (unpaired) electrons. The minimum atomic E-state index is -0.247. The molecule has 4 atom stereocenters. The van der Waals surface area contributed by atoms with Gasteiger partial charge in [-0.2, -0.15) is 0 Å². The molecule has 0 aliphatic carbocycles. The number of carbonyl (C=O) groups excluding carboxylic acids is 1. The van der Waals surface area contributed by atoms with Crippen molar-refractivity contribution in [3.8, 4) is 11.5 Å². The lowest BCUT2D eigenvalue weighted by atomic mass is 9.83. The molecule has 0 saturated carbocycles. The molecule has 7 heteroatoms. The summed E-state index contributed by atoms with van der Waals surface area (Å²) in [5.41, 5.74) is 2.53. The van der Waals surface area contributed by atoms with Crippen LogP contribution < -0.4 is 14.4 Å². The Kier molecular flexibility index (Phi) is 10.8. The fraction of sp³-hybridized carbons (Fsp3) is 0.583. The molecule has 2 saturated heterocycles. The maximum atomic E-state index is 14.4. The van der Waals surface area contributed by atoms with Gasteiger partial charge in [-0.15, -0.1) is 6.58 Å². The number of halogens is 1. The molecule has 0 N–H and O–H groups in total. The highest BCUT2D eigenvalue weighted by Gasteiger charge is 2.42. The van der Waals surface area contributed by atoms with Gasteiger partial charge in [-0.05, 0) is 93.3 Å². The Morgan fingerprint density at radius 1 is 1.09 bits per heavy atom. The normalized spacial score (nSPS) is 23.6. The van der Waals surface area contributed by atoms with Gasteiger partial charge in [0.15, 0.2) is 11.5 Å². The molecule has 6 nitrogen and oxygen atoms in total. The lowest BCUT2D eigenvalue weighted by molar-refractivity contribution is -0.120. The highest BCUT2D eigenvalue weighted by Crippen LogP contribution is 2.43. The van der Waals surface area contributed by atoms with Gasteiger partial charge in [0.1, 0.15) is 5.82 Å². The van der Waals surface area contributed by atoms with Crippen LogP contribution in [0.15, 0.2) is 49.1 Å². The van der Waals surface area contributed by atoms with E-state index in [9.17, 15) is 9.18 Å². The topological polar surface area (TPSA) is 51.2 Å². The minimum absolute atomic E-state index is 0.0731. The molecule has 0 bridgehead atoms. The van der Waals surface area contributed by atoms with Crippen LogP contribution in [0.3, 0.4) is 0 Å². The van der Waals surface area contributed by atoms with Gasteiger partial charge in [0, 0.05) is 42.8 Å². The van der Waals surface area contributed by atoms with Crippen LogP contribution in [0.4, 0.5) is 10.1 Å². The molecule has 5 rings (SSSR count). The van der Waals surface area contributed by atoms with E-state index in [0.717, 1.165) is 81.7 Å². The van der Waals surface area contributed by atoms with E-state index >= 15 is 0 Å². The Hall–Kier alpha value is -2.90. The third-order valence-electron chi connectivity index (χ3n) is 9.60. The number of hydrogen-bond acceptors (Lipinski definition) is 5. The van der Waals surface area contributed by atoms with Gasteiger partial charge in [-0.1, -0.05) is 38.8 Å². The SMILES string of the molecule is C=C[C@@H]1[C@@H](c2ccc3c(c2)OCO3)CN(CC(=O)N(c2ccc(F)c(C)c2)C(CCC)CCC)[C@H]1CCC1CCCCO1. The van der Waals surface area contributed by atoms with E-state index in [-0.39, 0.29) is 48.5 Å². The van der Waals surface area contributed by atoms with Crippen molar-refractivity contribution in [2.75, 3.05) is 31.4 Å². The summed E-state index contributed by atoms with van der Waals surface area (Å²) in [4.78, 5) is 18.8. The molecule has 0 spiro atoms. The van der Waals surface area contributed by atoms with Crippen molar-refractivity contribution in [3.63, 3.8) is 0 Å². The van der Waals surface area contributed by atoms with Crippen LogP contribution in [0, 0.1) is 18.7 Å². The smallest absolute Gasteiger partial charge is 0.241 e. The second-order valence-electron chi connectivity index (χ2n) is 12.5. The fourth-order valence-electron chi connectivity index (χ4n) is 7.42. The van der Waals surface area contributed by atoms with Gasteiger partial charge in [0.05, 0.1) is 12.6 Å². The summed E-state index contributed by atoms with van der Waals surface area (Å²) < 4.78 is 31.7. The number of anilines is 1. The molecule has 2 aromatic carbocycles. The van der Waals surface area contributed by atoms with Crippen molar-refractivity contribution >= 4 is 11.6 Å². The number of carbonyl (C=O) groups is 1. The zero-order valence-electron chi connectivity index (χ0n) is 26.2. The summed E-state index contributed by atoms with van der Waals surface area (Å²) in [6, 6.07) is 11.5. The molecule has 43 heavy (non-hydrogen) atoms.